The first kappa shape index (κ1) is 22.3. The fraction of sp³-hybridized carbons (Fsp3) is 0.0769. The van der Waals surface area contributed by atoms with Crippen molar-refractivity contribution >= 4 is 36.5 Å². The Labute approximate surface area is 189 Å². The predicted octanol–water partition coefficient (Wildman–Crippen LogP) is 6.18. The molecule has 1 N–H and O–H groups in total. The summed E-state index contributed by atoms with van der Waals surface area (Å²) in [6, 6.07) is 32.7. The van der Waals surface area contributed by atoms with Crippen molar-refractivity contribution in [2.24, 2.45) is 0 Å². The second kappa shape index (κ2) is 9.30. The lowest BCUT2D eigenvalue weighted by Gasteiger charge is -2.27. The number of hydrogen-bond donors (Lipinski definition) is 1. The van der Waals surface area contributed by atoms with Crippen molar-refractivity contribution in [1.82, 2.24) is 0 Å². The van der Waals surface area contributed by atoms with E-state index >= 15 is 0 Å². The molecule has 4 aromatic carbocycles. The predicted molar refractivity (Wildman–Crippen MR) is 134 cm³/mol. The second-order valence-electron chi connectivity index (χ2n) is 7.67. The Morgan fingerprint density at radius 3 is 1.47 bits per heavy atom. The molecule has 0 aliphatic carbocycles. The van der Waals surface area contributed by atoms with Crippen LogP contribution in [0.4, 0.5) is 5.69 Å². The summed E-state index contributed by atoms with van der Waals surface area (Å²) in [5, 5.41) is 4.51. The molecule has 0 aliphatic rings. The molecule has 0 aromatic heterocycles. The summed E-state index contributed by atoms with van der Waals surface area (Å²) < 4.78 is 35.2. The van der Waals surface area contributed by atoms with Gasteiger partial charge >= 0.3 is 7.52 Å². The Morgan fingerprint density at radius 2 is 1.00 bits per heavy atom. The smallest absolute Gasteiger partial charge is 0.312 e. The summed E-state index contributed by atoms with van der Waals surface area (Å²) in [6.45, 7) is 3.95. The molecule has 0 heterocycles. The highest BCUT2D eigenvalue weighted by atomic mass is 31.2. The number of nitrogens with one attached hydrogen (secondary N) is 1. The van der Waals surface area contributed by atoms with Gasteiger partial charge in [0.1, 0.15) is 0 Å². The van der Waals surface area contributed by atoms with Gasteiger partial charge in [-0.25, -0.2) is 4.31 Å². The Balaban J connectivity index is 1.85. The van der Waals surface area contributed by atoms with Crippen LogP contribution in [0.3, 0.4) is 0 Å². The molecule has 0 radical (unpaired) electrons. The molecule has 0 fully saturated rings. The fourth-order valence-electron chi connectivity index (χ4n) is 3.32. The highest BCUT2D eigenvalue weighted by Crippen LogP contribution is 2.61. The molecule has 4 rings (SSSR count). The molecule has 0 saturated carbocycles. The van der Waals surface area contributed by atoms with Crippen molar-refractivity contribution in [3.05, 3.63) is 120 Å². The molecular weight excluding hydrogens is 436 g/mol. The van der Waals surface area contributed by atoms with Crippen molar-refractivity contribution in [3.8, 4) is 0 Å². The maximum atomic E-state index is 14.5. The van der Waals surface area contributed by atoms with Crippen molar-refractivity contribution in [3.63, 3.8) is 0 Å². The summed E-state index contributed by atoms with van der Waals surface area (Å²) in [4.78, 5) is 0. The zero-order chi connectivity index (χ0) is 22.6. The van der Waals surface area contributed by atoms with Crippen LogP contribution in [0, 0.1) is 13.8 Å². The molecule has 0 amide bonds. The van der Waals surface area contributed by atoms with Crippen LogP contribution in [0.2, 0.25) is 0 Å². The Bertz CT molecular complexity index is 1230. The van der Waals surface area contributed by atoms with E-state index in [1.807, 2.05) is 62.4 Å². The van der Waals surface area contributed by atoms with Gasteiger partial charge in [-0.2, -0.15) is 0 Å². The van der Waals surface area contributed by atoms with E-state index in [1.54, 1.807) is 60.7 Å². The van der Waals surface area contributed by atoms with Crippen molar-refractivity contribution < 1.29 is 13.4 Å². The van der Waals surface area contributed by atoms with Gasteiger partial charge in [0.2, 0.25) is 0 Å². The van der Waals surface area contributed by atoms with Crippen LogP contribution in [-0.4, -0.2) is 0 Å². The molecule has 0 spiro atoms. The first-order valence-electron chi connectivity index (χ1n) is 10.3. The van der Waals surface area contributed by atoms with E-state index in [9.17, 15) is 9.13 Å². The van der Waals surface area contributed by atoms with Gasteiger partial charge in [-0.3, -0.25) is 9.13 Å². The van der Waals surface area contributed by atoms with Gasteiger partial charge in [-0.15, -0.1) is 0 Å². The van der Waals surface area contributed by atoms with Crippen molar-refractivity contribution in [1.29, 1.82) is 0 Å². The quantitative estimate of drug-likeness (QED) is 0.334. The van der Waals surface area contributed by atoms with E-state index in [0.29, 0.717) is 21.6 Å². The minimum absolute atomic E-state index is 0.454. The standard InChI is InChI=1S/C26H25NO3P2/c1-21-13-17-23(18-14-21)27-32(29,26-19-15-22(2)16-20-26)30-31(28,24-9-5-3-6-10-24)25-11-7-4-8-12-25/h3-20H,1-2H3,(H,27,29). The van der Waals surface area contributed by atoms with E-state index < -0.39 is 14.9 Å². The molecule has 4 nitrogen and oxygen atoms in total. The SMILES string of the molecule is Cc1ccc(NP(=O)(OP(=O)(c2ccccc2)c2ccccc2)c2ccc(C)cc2)cc1. The Hall–Kier alpha value is -2.90. The zero-order valence-corrected chi connectivity index (χ0v) is 19.8. The highest BCUT2D eigenvalue weighted by molar-refractivity contribution is 7.84. The molecule has 32 heavy (non-hydrogen) atoms. The largest absolute Gasteiger partial charge is 0.330 e. The van der Waals surface area contributed by atoms with Gasteiger partial charge in [0, 0.05) is 16.3 Å². The zero-order valence-electron chi connectivity index (χ0n) is 18.0. The van der Waals surface area contributed by atoms with Crippen LogP contribution in [0.5, 0.6) is 0 Å². The van der Waals surface area contributed by atoms with E-state index in [4.69, 9.17) is 4.31 Å². The molecule has 4 aromatic rings. The van der Waals surface area contributed by atoms with Crippen LogP contribution < -0.4 is 21.0 Å². The van der Waals surface area contributed by atoms with Gasteiger partial charge < -0.3 is 5.09 Å². The van der Waals surface area contributed by atoms with Crippen LogP contribution in [0.15, 0.2) is 109 Å². The molecule has 0 bridgehead atoms. The number of anilines is 1. The highest BCUT2D eigenvalue weighted by Gasteiger charge is 2.39. The first-order valence-corrected chi connectivity index (χ1v) is 13.6. The average Bonchev–Trinajstić information content (AvgIpc) is 2.82. The number of rotatable bonds is 7. The summed E-state index contributed by atoms with van der Waals surface area (Å²) in [6.07, 6.45) is 0. The van der Waals surface area contributed by atoms with Crippen LogP contribution in [0.25, 0.3) is 0 Å². The summed E-state index contributed by atoms with van der Waals surface area (Å²) in [7, 11) is -7.49. The Morgan fingerprint density at radius 1 is 0.562 bits per heavy atom. The maximum Gasteiger partial charge on any atom is 0.330 e. The lowest BCUT2D eigenvalue weighted by atomic mass is 10.2. The van der Waals surface area contributed by atoms with Gasteiger partial charge in [0.25, 0.3) is 7.37 Å². The lowest BCUT2D eigenvalue weighted by molar-refractivity contribution is 0.482. The molecule has 6 heteroatoms. The van der Waals surface area contributed by atoms with Crippen molar-refractivity contribution in [2.45, 2.75) is 13.8 Å². The van der Waals surface area contributed by atoms with E-state index in [1.165, 1.54) is 0 Å². The summed E-state index contributed by atoms with van der Waals surface area (Å²) in [5.41, 5.74) is 2.75. The van der Waals surface area contributed by atoms with E-state index in [-0.39, 0.29) is 0 Å². The maximum absolute atomic E-state index is 14.5. The van der Waals surface area contributed by atoms with E-state index in [0.717, 1.165) is 11.1 Å². The number of aryl methyl sites for hydroxylation is 2. The lowest BCUT2D eigenvalue weighted by Crippen LogP contribution is -2.22. The fourth-order valence-corrected chi connectivity index (χ4v) is 8.50. The Kier molecular flexibility index (Phi) is 6.48. The van der Waals surface area contributed by atoms with Gasteiger partial charge in [-0.1, -0.05) is 71.8 Å². The van der Waals surface area contributed by atoms with Crippen LogP contribution >= 0.6 is 14.9 Å². The van der Waals surface area contributed by atoms with Gasteiger partial charge in [0.15, 0.2) is 0 Å². The molecule has 0 saturated heterocycles. The second-order valence-corrected chi connectivity index (χ2v) is 12.3. The molecule has 0 aliphatic heterocycles. The van der Waals surface area contributed by atoms with Gasteiger partial charge in [-0.05, 0) is 62.4 Å². The third-order valence-electron chi connectivity index (χ3n) is 5.12. The van der Waals surface area contributed by atoms with Crippen LogP contribution in [0.1, 0.15) is 11.1 Å². The first-order chi connectivity index (χ1) is 15.4. The normalized spacial score (nSPS) is 13.3. The van der Waals surface area contributed by atoms with E-state index in [2.05, 4.69) is 5.09 Å². The molecule has 1 unspecified atom stereocenters. The minimum atomic E-state index is -3.79. The topological polar surface area (TPSA) is 55.4 Å². The van der Waals surface area contributed by atoms with Crippen molar-refractivity contribution in [2.75, 3.05) is 5.09 Å². The molecule has 1 atom stereocenters. The van der Waals surface area contributed by atoms with Crippen LogP contribution in [-0.2, 0) is 13.4 Å². The molecule has 162 valence electrons. The monoisotopic (exact) mass is 461 g/mol. The third-order valence-corrected chi connectivity index (χ3v) is 10.5. The third kappa shape index (κ3) is 4.79. The number of hydrogen-bond acceptors (Lipinski definition) is 3. The summed E-state index contributed by atoms with van der Waals surface area (Å²) in [5.74, 6) is 0. The van der Waals surface area contributed by atoms with Gasteiger partial charge in [0.05, 0.1) is 5.30 Å². The minimum Gasteiger partial charge on any atom is -0.312 e. The summed E-state index contributed by atoms with van der Waals surface area (Å²) >= 11 is 0. The average molecular weight is 461 g/mol. The number of benzene rings is 4. The molecular formula is C26H25NO3P2.